The minimum Gasteiger partial charge on any atom is -0.491 e. The van der Waals surface area contributed by atoms with Crippen LogP contribution in [0.2, 0.25) is 0 Å². The van der Waals surface area contributed by atoms with Gasteiger partial charge in [0.25, 0.3) is 0 Å². The molecule has 0 aliphatic carbocycles. The van der Waals surface area contributed by atoms with Crippen LogP contribution in [0.1, 0.15) is 0 Å². The summed E-state index contributed by atoms with van der Waals surface area (Å²) in [5, 5.41) is 4.76. The molecule has 5 heteroatoms. The van der Waals surface area contributed by atoms with Crippen LogP contribution in [-0.4, -0.2) is 52.9 Å². The Hall–Kier alpha value is -3.12. The summed E-state index contributed by atoms with van der Waals surface area (Å²) in [6.45, 7) is 4.22. The molecule has 0 radical (unpaired) electrons. The molecule has 0 bridgehead atoms. The summed E-state index contributed by atoms with van der Waals surface area (Å²) in [5.74, 6) is 1.71. The Balaban J connectivity index is 0.967. The van der Waals surface area contributed by atoms with Gasteiger partial charge in [0.15, 0.2) is 0 Å². The molecule has 0 aliphatic heterocycles. The highest BCUT2D eigenvalue weighted by Gasteiger charge is 1.99. The third-order valence-corrected chi connectivity index (χ3v) is 5.18. The fourth-order valence-electron chi connectivity index (χ4n) is 3.49. The molecular weight excluding hydrogens is 416 g/mol. The Morgan fingerprint density at radius 2 is 0.727 bits per heavy atom. The van der Waals surface area contributed by atoms with E-state index in [1.54, 1.807) is 0 Å². The maximum atomic E-state index is 5.75. The van der Waals surface area contributed by atoms with Crippen molar-refractivity contribution in [1.29, 1.82) is 0 Å². The molecule has 0 aromatic heterocycles. The standard InChI is InChI=1S/C28H30O5/c1-3-7-25-21-27(11-9-23(25)5-1)32-19-17-30-15-13-29-14-16-31-18-20-33-28-12-10-24-6-2-4-8-26(24)22-28/h1-12,21-22H,13-20H2. The molecule has 172 valence electrons. The van der Waals surface area contributed by atoms with Crippen LogP contribution in [-0.2, 0) is 14.2 Å². The maximum absolute atomic E-state index is 5.75. The highest BCUT2D eigenvalue weighted by Crippen LogP contribution is 2.21. The minimum absolute atomic E-state index is 0.513. The number of hydrogen-bond donors (Lipinski definition) is 0. The van der Waals surface area contributed by atoms with E-state index in [9.17, 15) is 0 Å². The highest BCUT2D eigenvalue weighted by molar-refractivity contribution is 5.84. The summed E-state index contributed by atoms with van der Waals surface area (Å²) in [5.41, 5.74) is 0. The van der Waals surface area contributed by atoms with Gasteiger partial charge in [0.1, 0.15) is 24.7 Å². The van der Waals surface area contributed by atoms with Crippen LogP contribution >= 0.6 is 0 Å². The lowest BCUT2D eigenvalue weighted by molar-refractivity contribution is 0.00500. The van der Waals surface area contributed by atoms with E-state index >= 15 is 0 Å². The highest BCUT2D eigenvalue weighted by atomic mass is 16.6. The average molecular weight is 447 g/mol. The van der Waals surface area contributed by atoms with E-state index in [1.165, 1.54) is 21.5 Å². The van der Waals surface area contributed by atoms with Gasteiger partial charge in [-0.05, 0) is 45.8 Å². The molecule has 0 fully saturated rings. The van der Waals surface area contributed by atoms with E-state index < -0.39 is 0 Å². The zero-order valence-electron chi connectivity index (χ0n) is 18.8. The van der Waals surface area contributed by atoms with Gasteiger partial charge in [-0.25, -0.2) is 0 Å². The molecule has 4 aromatic rings. The van der Waals surface area contributed by atoms with Crippen molar-refractivity contribution >= 4 is 21.5 Å². The van der Waals surface area contributed by atoms with Gasteiger partial charge in [0.2, 0.25) is 0 Å². The van der Waals surface area contributed by atoms with Gasteiger partial charge >= 0.3 is 0 Å². The molecule has 4 aromatic carbocycles. The van der Waals surface area contributed by atoms with Crippen molar-refractivity contribution in [2.45, 2.75) is 0 Å². The molecule has 5 nitrogen and oxygen atoms in total. The minimum atomic E-state index is 0.513. The first-order chi connectivity index (χ1) is 16.4. The molecule has 0 heterocycles. The van der Waals surface area contributed by atoms with Crippen molar-refractivity contribution in [2.24, 2.45) is 0 Å². The van der Waals surface area contributed by atoms with Gasteiger partial charge < -0.3 is 23.7 Å². The fraction of sp³-hybridized carbons (Fsp3) is 0.286. The second-order valence-electron chi connectivity index (χ2n) is 7.55. The molecule has 0 atom stereocenters. The quantitative estimate of drug-likeness (QED) is 0.239. The van der Waals surface area contributed by atoms with Crippen molar-refractivity contribution in [1.82, 2.24) is 0 Å². The lowest BCUT2D eigenvalue weighted by atomic mass is 10.1. The third-order valence-electron chi connectivity index (χ3n) is 5.18. The Labute approximate surface area is 194 Å². The molecule has 4 rings (SSSR count). The van der Waals surface area contributed by atoms with Gasteiger partial charge in [0.05, 0.1) is 39.6 Å². The van der Waals surface area contributed by atoms with E-state index in [0.717, 1.165) is 11.5 Å². The van der Waals surface area contributed by atoms with Crippen LogP contribution in [0.5, 0.6) is 11.5 Å². The largest absolute Gasteiger partial charge is 0.491 e. The van der Waals surface area contributed by atoms with Gasteiger partial charge in [-0.2, -0.15) is 0 Å². The zero-order valence-corrected chi connectivity index (χ0v) is 18.8. The predicted octanol–water partition coefficient (Wildman–Crippen LogP) is 5.50. The molecule has 0 spiro atoms. The van der Waals surface area contributed by atoms with Crippen LogP contribution < -0.4 is 9.47 Å². The zero-order chi connectivity index (χ0) is 22.6. The SMILES string of the molecule is c1ccc2cc(OCCOCCOCCOCCOc3ccc4ccccc4c3)ccc2c1. The lowest BCUT2D eigenvalue weighted by Gasteiger charge is -2.09. The van der Waals surface area contributed by atoms with Gasteiger partial charge in [0, 0.05) is 0 Å². The van der Waals surface area contributed by atoms with E-state index in [4.69, 9.17) is 23.7 Å². The first-order valence-corrected chi connectivity index (χ1v) is 11.3. The van der Waals surface area contributed by atoms with E-state index in [1.807, 2.05) is 48.5 Å². The van der Waals surface area contributed by atoms with Crippen LogP contribution in [0.15, 0.2) is 84.9 Å². The number of ether oxygens (including phenoxy) is 5. The number of fused-ring (bicyclic) bond motifs is 2. The number of hydrogen-bond acceptors (Lipinski definition) is 5. The monoisotopic (exact) mass is 446 g/mol. The summed E-state index contributed by atoms with van der Waals surface area (Å²) >= 11 is 0. The first-order valence-electron chi connectivity index (χ1n) is 11.3. The average Bonchev–Trinajstić information content (AvgIpc) is 2.86. The second-order valence-corrected chi connectivity index (χ2v) is 7.55. The molecule has 0 saturated heterocycles. The molecular formula is C28H30O5. The molecule has 0 saturated carbocycles. The Kier molecular flexibility index (Phi) is 8.94. The number of benzene rings is 4. The van der Waals surface area contributed by atoms with Gasteiger partial charge in [-0.3, -0.25) is 0 Å². The molecule has 0 unspecified atom stereocenters. The molecule has 0 N–H and O–H groups in total. The Morgan fingerprint density at radius 1 is 0.364 bits per heavy atom. The summed E-state index contributed by atoms with van der Waals surface area (Å²) in [4.78, 5) is 0. The van der Waals surface area contributed by atoms with Crippen LogP contribution in [0, 0.1) is 0 Å². The smallest absolute Gasteiger partial charge is 0.120 e. The van der Waals surface area contributed by atoms with E-state index in [2.05, 4.69) is 36.4 Å². The maximum Gasteiger partial charge on any atom is 0.120 e. The first kappa shape index (κ1) is 23.1. The lowest BCUT2D eigenvalue weighted by Crippen LogP contribution is -2.14. The summed E-state index contributed by atoms with van der Waals surface area (Å²) in [7, 11) is 0. The van der Waals surface area contributed by atoms with Crippen LogP contribution in [0.4, 0.5) is 0 Å². The van der Waals surface area contributed by atoms with Crippen molar-refractivity contribution in [3.8, 4) is 11.5 Å². The van der Waals surface area contributed by atoms with Crippen molar-refractivity contribution < 1.29 is 23.7 Å². The van der Waals surface area contributed by atoms with Crippen molar-refractivity contribution in [2.75, 3.05) is 52.9 Å². The van der Waals surface area contributed by atoms with E-state index in [0.29, 0.717) is 52.9 Å². The number of rotatable bonds is 14. The Morgan fingerprint density at radius 3 is 1.15 bits per heavy atom. The van der Waals surface area contributed by atoms with Crippen LogP contribution in [0.25, 0.3) is 21.5 Å². The molecule has 0 amide bonds. The summed E-state index contributed by atoms with van der Waals surface area (Å²) < 4.78 is 28.1. The van der Waals surface area contributed by atoms with E-state index in [-0.39, 0.29) is 0 Å². The topological polar surface area (TPSA) is 46.2 Å². The molecule has 33 heavy (non-hydrogen) atoms. The van der Waals surface area contributed by atoms with Crippen molar-refractivity contribution in [3.05, 3.63) is 84.9 Å². The summed E-state index contributed by atoms with van der Waals surface area (Å²) in [6.07, 6.45) is 0. The fourth-order valence-corrected chi connectivity index (χ4v) is 3.49. The second kappa shape index (κ2) is 12.8. The summed E-state index contributed by atoms with van der Waals surface area (Å²) in [6, 6.07) is 28.7. The van der Waals surface area contributed by atoms with Crippen molar-refractivity contribution in [3.63, 3.8) is 0 Å². The van der Waals surface area contributed by atoms with Gasteiger partial charge in [-0.1, -0.05) is 60.7 Å². The predicted molar refractivity (Wildman–Crippen MR) is 131 cm³/mol. The van der Waals surface area contributed by atoms with Crippen LogP contribution in [0.3, 0.4) is 0 Å². The molecule has 0 aliphatic rings. The Bertz CT molecular complexity index is 1040. The third kappa shape index (κ3) is 7.46. The normalized spacial score (nSPS) is 11.2. The van der Waals surface area contributed by atoms with Gasteiger partial charge in [-0.15, -0.1) is 0 Å².